The van der Waals surface area contributed by atoms with Crippen LogP contribution in [0.4, 0.5) is 0 Å². The Hall–Kier alpha value is 1.30. The minimum atomic E-state index is -5.56. The zero-order chi connectivity index (χ0) is 28.0. The second kappa shape index (κ2) is 14.9. The first-order valence-corrected chi connectivity index (χ1v) is 13.4. The van der Waals surface area contributed by atoms with Crippen LogP contribution in [-0.4, -0.2) is 160 Å². The van der Waals surface area contributed by atoms with E-state index in [0.717, 1.165) is 7.11 Å². The fraction of sp³-hybridized carbons (Fsp3) is 1.00. The SMILES string of the molecule is CO[C@@H]1O[C@H](S(=O)(=O)[O-])[C@@H](O)[C@H](O[C@@H]2O[C@H](S(=O)(=O)[O-])[C@@H](O)[C@H](O[C@@H]3OC[C@@H](O)[C@H](O)[C@H]3O)[C@H]2O)[C@H]1O.[Na+].[Na+]. The van der Waals surface area contributed by atoms with E-state index < -0.39 is 112 Å². The van der Waals surface area contributed by atoms with E-state index in [9.17, 15) is 61.7 Å². The van der Waals surface area contributed by atoms with Gasteiger partial charge >= 0.3 is 59.1 Å². The number of hydrogen-bond donors (Lipinski definition) is 7. The molecule has 19 nitrogen and oxygen atoms in total. The van der Waals surface area contributed by atoms with E-state index in [1.165, 1.54) is 0 Å². The van der Waals surface area contributed by atoms with Crippen LogP contribution >= 0.6 is 0 Å². The molecule has 0 aromatic heterocycles. The van der Waals surface area contributed by atoms with Gasteiger partial charge < -0.3 is 73.3 Å². The van der Waals surface area contributed by atoms with Crippen LogP contribution in [0, 0.1) is 0 Å². The molecule has 0 bridgehead atoms. The first-order chi connectivity index (χ1) is 17.0. The van der Waals surface area contributed by atoms with Crippen molar-refractivity contribution in [2.45, 2.75) is 84.7 Å². The molecule has 3 saturated heterocycles. The molecule has 3 fully saturated rings. The Morgan fingerprint density at radius 3 is 1.49 bits per heavy atom. The van der Waals surface area contributed by atoms with Gasteiger partial charge in [-0.1, -0.05) is 0 Å². The molecule has 0 spiro atoms. The number of methoxy groups -OCH3 is 1. The smallest absolute Gasteiger partial charge is 0.746 e. The molecule has 3 aliphatic heterocycles. The molecular weight excluding hydrogens is 606 g/mol. The van der Waals surface area contributed by atoms with Crippen LogP contribution in [0.25, 0.3) is 0 Å². The van der Waals surface area contributed by atoms with Crippen LogP contribution < -0.4 is 59.1 Å². The summed E-state index contributed by atoms with van der Waals surface area (Å²) in [6.07, 6.45) is -25.2. The van der Waals surface area contributed by atoms with Gasteiger partial charge in [0.2, 0.25) is 0 Å². The molecule has 0 unspecified atom stereocenters. The predicted molar refractivity (Wildman–Crippen MR) is 105 cm³/mol. The maximum atomic E-state index is 11.7. The summed E-state index contributed by atoms with van der Waals surface area (Å²) in [6, 6.07) is 0. The molecule has 0 saturated carbocycles. The normalized spacial score (nSPS) is 45.6. The molecule has 14 atom stereocenters. The molecule has 7 N–H and O–H groups in total. The van der Waals surface area contributed by atoms with Gasteiger partial charge in [-0.2, -0.15) is 0 Å². The fourth-order valence-corrected chi connectivity index (χ4v) is 5.41. The minimum Gasteiger partial charge on any atom is -0.746 e. The van der Waals surface area contributed by atoms with Crippen LogP contribution in [0.5, 0.6) is 0 Å². The number of rotatable bonds is 7. The Bertz CT molecular complexity index is 1000. The summed E-state index contributed by atoms with van der Waals surface area (Å²) >= 11 is 0. The molecule has 218 valence electrons. The van der Waals surface area contributed by atoms with Gasteiger partial charge in [0.05, 0.1) is 6.61 Å². The van der Waals surface area contributed by atoms with Crippen molar-refractivity contribution in [3.63, 3.8) is 0 Å². The summed E-state index contributed by atoms with van der Waals surface area (Å²) in [4.78, 5) is 0. The van der Waals surface area contributed by atoms with Crippen LogP contribution in [0.1, 0.15) is 0 Å². The Kier molecular flexibility index (Phi) is 14.6. The molecular formula is C16H26Na2O19S2. The van der Waals surface area contributed by atoms with Crippen molar-refractivity contribution in [2.75, 3.05) is 13.7 Å². The number of aliphatic hydroxyl groups excluding tert-OH is 7. The fourth-order valence-electron chi connectivity index (χ4n) is 3.93. The van der Waals surface area contributed by atoms with Crippen molar-refractivity contribution in [3.8, 4) is 0 Å². The topological polar surface area (TPSA) is 311 Å². The van der Waals surface area contributed by atoms with E-state index in [1.807, 2.05) is 0 Å². The molecule has 0 radical (unpaired) electrons. The molecule has 3 heterocycles. The summed E-state index contributed by atoms with van der Waals surface area (Å²) in [6.45, 7) is -0.606. The van der Waals surface area contributed by atoms with E-state index in [0.29, 0.717) is 0 Å². The van der Waals surface area contributed by atoms with Gasteiger partial charge in [-0.05, 0) is 0 Å². The average Bonchev–Trinajstić information content (AvgIpc) is 2.79. The Morgan fingerprint density at radius 2 is 1.05 bits per heavy atom. The van der Waals surface area contributed by atoms with Gasteiger partial charge in [0.25, 0.3) is 0 Å². The van der Waals surface area contributed by atoms with Gasteiger partial charge in [-0.25, -0.2) is 16.8 Å². The Morgan fingerprint density at radius 1 is 0.641 bits per heavy atom. The first kappa shape index (κ1) is 38.3. The van der Waals surface area contributed by atoms with Gasteiger partial charge in [-0.15, -0.1) is 0 Å². The van der Waals surface area contributed by atoms with Crippen molar-refractivity contribution in [1.82, 2.24) is 0 Å². The van der Waals surface area contributed by atoms with Crippen molar-refractivity contribution in [1.29, 1.82) is 0 Å². The maximum Gasteiger partial charge on any atom is 1.00 e. The summed E-state index contributed by atoms with van der Waals surface area (Å²) < 4.78 is 99.1. The Labute approximate surface area is 266 Å². The van der Waals surface area contributed by atoms with Crippen LogP contribution in [-0.2, 0) is 48.7 Å². The summed E-state index contributed by atoms with van der Waals surface area (Å²) in [5.74, 6) is 0. The second-order valence-corrected chi connectivity index (χ2v) is 11.3. The summed E-state index contributed by atoms with van der Waals surface area (Å²) in [5.41, 5.74) is -5.30. The van der Waals surface area contributed by atoms with E-state index in [1.54, 1.807) is 0 Å². The van der Waals surface area contributed by atoms with Crippen molar-refractivity contribution in [2.24, 2.45) is 0 Å². The van der Waals surface area contributed by atoms with E-state index in [2.05, 4.69) is 0 Å². The molecule has 0 aliphatic carbocycles. The largest absolute Gasteiger partial charge is 1.00 e. The van der Waals surface area contributed by atoms with Gasteiger partial charge in [-0.3, -0.25) is 0 Å². The molecule has 0 aromatic carbocycles. The number of ether oxygens (including phenoxy) is 6. The minimum absolute atomic E-state index is 0. The summed E-state index contributed by atoms with van der Waals surface area (Å²) in [7, 11) is -10.1. The Balaban J connectivity index is 0.00000380. The molecule has 39 heavy (non-hydrogen) atoms. The zero-order valence-corrected chi connectivity index (χ0v) is 26.3. The monoisotopic (exact) mass is 632 g/mol. The third-order valence-electron chi connectivity index (χ3n) is 5.84. The molecule has 0 amide bonds. The van der Waals surface area contributed by atoms with Crippen molar-refractivity contribution < 1.29 is 149 Å². The molecule has 3 rings (SSSR count). The predicted octanol–water partition coefficient (Wildman–Crippen LogP) is -13.3. The van der Waals surface area contributed by atoms with E-state index in [-0.39, 0.29) is 59.1 Å². The van der Waals surface area contributed by atoms with Crippen LogP contribution in [0.3, 0.4) is 0 Å². The van der Waals surface area contributed by atoms with Crippen LogP contribution in [0.15, 0.2) is 0 Å². The summed E-state index contributed by atoms with van der Waals surface area (Å²) in [5, 5.41) is 71.1. The van der Waals surface area contributed by atoms with Gasteiger partial charge in [0.1, 0.15) is 75.2 Å². The van der Waals surface area contributed by atoms with E-state index in [4.69, 9.17) is 28.4 Å². The maximum absolute atomic E-state index is 11.7. The molecule has 0 aromatic rings. The van der Waals surface area contributed by atoms with Gasteiger partial charge in [0, 0.05) is 7.11 Å². The molecule has 3 aliphatic rings. The van der Waals surface area contributed by atoms with E-state index >= 15 is 0 Å². The van der Waals surface area contributed by atoms with Crippen molar-refractivity contribution >= 4 is 20.2 Å². The quantitative estimate of drug-likeness (QED) is 0.101. The number of aliphatic hydroxyl groups is 7. The third kappa shape index (κ3) is 8.48. The standard InChI is InChI=1S/C16H28O19S2.2Na/c1-30-12-6(20)10(8(22)15(34-12)36(24,25)26)33-14-7(21)11(9(23)16(35-14)37(27,28)29)32-13-5(19)4(18)3(17)2-31-13;;/h3-23H,2H2,1H3,(H,24,25,26)(H,27,28,29);;/q;2*+1/p-2/t3-,4+,5-,6-,7-,8+,9+,10-,11-,12-,13+,14-,15-,16-;;/m1../s1. The zero-order valence-electron chi connectivity index (χ0n) is 20.6. The van der Waals surface area contributed by atoms with Crippen molar-refractivity contribution in [3.05, 3.63) is 0 Å². The van der Waals surface area contributed by atoms with Crippen LogP contribution in [0.2, 0.25) is 0 Å². The third-order valence-corrected chi connectivity index (χ3v) is 7.75. The first-order valence-electron chi connectivity index (χ1n) is 10.4. The average molecular weight is 632 g/mol. The molecule has 23 heteroatoms. The van der Waals surface area contributed by atoms with Gasteiger partial charge in [0.15, 0.2) is 29.7 Å². The second-order valence-electron chi connectivity index (χ2n) is 8.38. The number of hydrogen-bond acceptors (Lipinski definition) is 19.